The first kappa shape index (κ1) is 20.5. The van der Waals surface area contributed by atoms with Crippen molar-refractivity contribution in [1.82, 2.24) is 24.6 Å². The number of nitrogens with zero attached hydrogens (tertiary/aromatic N) is 4. The number of nitrogens with two attached hydrogens (primary N) is 1. The predicted molar refractivity (Wildman–Crippen MR) is 124 cm³/mol. The summed E-state index contributed by atoms with van der Waals surface area (Å²) in [5, 5.41) is 4.12. The third kappa shape index (κ3) is 3.70. The molecule has 1 fully saturated rings. The molecule has 3 N–H and O–H groups in total. The molecule has 0 radical (unpaired) electrons. The van der Waals surface area contributed by atoms with Crippen molar-refractivity contribution in [1.29, 1.82) is 0 Å². The number of benzene rings is 1. The van der Waals surface area contributed by atoms with Crippen molar-refractivity contribution in [3.8, 4) is 22.3 Å². The molecule has 0 spiro atoms. The molecule has 1 aliphatic heterocycles. The SMILES string of the molecule is Nc1ncc(-c2ccc3nccc(-c4ccncc4)c3c2)cc1S(=O)(=O)N1CCNCC1. The zero-order valence-electron chi connectivity index (χ0n) is 17.3. The summed E-state index contributed by atoms with van der Waals surface area (Å²) in [6.07, 6.45) is 6.89. The highest BCUT2D eigenvalue weighted by molar-refractivity contribution is 7.89. The molecule has 1 aliphatic rings. The molecule has 162 valence electrons. The van der Waals surface area contributed by atoms with E-state index >= 15 is 0 Å². The molecule has 1 saturated heterocycles. The summed E-state index contributed by atoms with van der Waals surface area (Å²) in [4.78, 5) is 12.8. The smallest absolute Gasteiger partial charge is 0.246 e. The van der Waals surface area contributed by atoms with Crippen LogP contribution in [0.1, 0.15) is 0 Å². The third-order valence-corrected chi connectivity index (χ3v) is 7.57. The Morgan fingerprint density at radius 2 is 1.66 bits per heavy atom. The number of pyridine rings is 3. The van der Waals surface area contributed by atoms with Crippen molar-refractivity contribution in [3.63, 3.8) is 0 Å². The number of piperazine rings is 1. The Kier molecular flexibility index (Phi) is 5.30. The molecule has 0 aliphatic carbocycles. The van der Waals surface area contributed by atoms with Gasteiger partial charge in [-0.15, -0.1) is 0 Å². The average Bonchev–Trinajstić information content (AvgIpc) is 2.84. The summed E-state index contributed by atoms with van der Waals surface area (Å²) in [6, 6.07) is 13.3. The summed E-state index contributed by atoms with van der Waals surface area (Å²) in [5.74, 6) is 0.00668. The van der Waals surface area contributed by atoms with Crippen LogP contribution in [0.15, 0.2) is 72.1 Å². The fraction of sp³-hybridized carbons (Fsp3) is 0.174. The topological polar surface area (TPSA) is 114 Å². The lowest BCUT2D eigenvalue weighted by Gasteiger charge is -2.27. The third-order valence-electron chi connectivity index (χ3n) is 5.64. The van der Waals surface area contributed by atoms with Gasteiger partial charge in [-0.3, -0.25) is 9.97 Å². The lowest BCUT2D eigenvalue weighted by atomic mass is 9.98. The van der Waals surface area contributed by atoms with Gasteiger partial charge in [0.15, 0.2) is 0 Å². The fourth-order valence-corrected chi connectivity index (χ4v) is 5.49. The summed E-state index contributed by atoms with van der Waals surface area (Å²) in [5.41, 5.74) is 10.4. The Bertz CT molecular complexity index is 1390. The molecule has 0 amide bonds. The summed E-state index contributed by atoms with van der Waals surface area (Å²) in [6.45, 7) is 2.04. The predicted octanol–water partition coefficient (Wildman–Crippen LogP) is 2.53. The van der Waals surface area contributed by atoms with Crippen LogP contribution in [0.4, 0.5) is 5.82 Å². The Morgan fingerprint density at radius 3 is 2.44 bits per heavy atom. The van der Waals surface area contributed by atoms with Crippen LogP contribution in [-0.4, -0.2) is 53.9 Å². The van der Waals surface area contributed by atoms with E-state index in [-0.39, 0.29) is 10.7 Å². The highest BCUT2D eigenvalue weighted by Crippen LogP contribution is 2.32. The van der Waals surface area contributed by atoms with Gasteiger partial charge in [0.05, 0.1) is 5.52 Å². The van der Waals surface area contributed by atoms with E-state index in [0.29, 0.717) is 31.7 Å². The highest BCUT2D eigenvalue weighted by atomic mass is 32.2. The Labute approximate surface area is 186 Å². The summed E-state index contributed by atoms with van der Waals surface area (Å²) in [7, 11) is -3.73. The van der Waals surface area contributed by atoms with Crippen molar-refractivity contribution in [2.45, 2.75) is 4.90 Å². The van der Waals surface area contributed by atoms with Crippen molar-refractivity contribution in [3.05, 3.63) is 67.3 Å². The average molecular weight is 447 g/mol. The van der Waals surface area contributed by atoms with Gasteiger partial charge in [0.1, 0.15) is 10.7 Å². The van der Waals surface area contributed by atoms with E-state index in [9.17, 15) is 8.42 Å². The Balaban J connectivity index is 1.61. The molecule has 4 heterocycles. The molecule has 0 unspecified atom stereocenters. The van der Waals surface area contributed by atoms with E-state index in [2.05, 4.69) is 20.3 Å². The Morgan fingerprint density at radius 1 is 0.875 bits per heavy atom. The van der Waals surface area contributed by atoms with Crippen molar-refractivity contribution < 1.29 is 8.42 Å². The molecule has 9 heteroatoms. The fourth-order valence-electron chi connectivity index (χ4n) is 3.95. The van der Waals surface area contributed by atoms with Gasteiger partial charge in [-0.05, 0) is 53.1 Å². The highest BCUT2D eigenvalue weighted by Gasteiger charge is 2.28. The second-order valence-electron chi connectivity index (χ2n) is 7.59. The van der Waals surface area contributed by atoms with Crippen LogP contribution >= 0.6 is 0 Å². The van der Waals surface area contributed by atoms with Crippen LogP contribution < -0.4 is 11.1 Å². The number of nitrogens with one attached hydrogen (secondary N) is 1. The molecule has 8 nitrogen and oxygen atoms in total. The minimum Gasteiger partial charge on any atom is -0.383 e. The van der Waals surface area contributed by atoms with Crippen LogP contribution in [0.2, 0.25) is 0 Å². The van der Waals surface area contributed by atoms with Crippen LogP contribution in [0, 0.1) is 0 Å². The van der Waals surface area contributed by atoms with E-state index in [4.69, 9.17) is 5.73 Å². The van der Waals surface area contributed by atoms with E-state index in [1.165, 1.54) is 4.31 Å². The molecule has 1 aromatic carbocycles. The maximum Gasteiger partial charge on any atom is 0.246 e. The summed E-state index contributed by atoms with van der Waals surface area (Å²) < 4.78 is 27.9. The van der Waals surface area contributed by atoms with Crippen molar-refractivity contribution >= 4 is 26.7 Å². The molecule has 32 heavy (non-hydrogen) atoms. The first-order valence-corrected chi connectivity index (χ1v) is 11.7. The van der Waals surface area contributed by atoms with Gasteiger partial charge in [0.25, 0.3) is 0 Å². The standard InChI is InChI=1S/C23H22N6O2S/c24-23-22(32(30,31)29-11-9-26-10-12-29)14-18(15-28-23)17-1-2-21-20(13-17)19(5-8-27-21)16-3-6-25-7-4-16/h1-8,13-15,26H,9-12H2,(H2,24,28). The first-order chi connectivity index (χ1) is 15.5. The van der Waals surface area contributed by atoms with Gasteiger partial charge in [0, 0.05) is 61.9 Å². The van der Waals surface area contributed by atoms with Crippen molar-refractivity contribution in [2.24, 2.45) is 0 Å². The van der Waals surface area contributed by atoms with Gasteiger partial charge < -0.3 is 11.1 Å². The van der Waals surface area contributed by atoms with E-state index in [0.717, 1.165) is 27.6 Å². The maximum absolute atomic E-state index is 13.2. The molecule has 4 aromatic rings. The van der Waals surface area contributed by atoms with E-state index in [1.807, 2.05) is 36.4 Å². The van der Waals surface area contributed by atoms with Gasteiger partial charge in [-0.1, -0.05) is 6.07 Å². The zero-order valence-corrected chi connectivity index (χ0v) is 18.1. The van der Waals surface area contributed by atoms with E-state index < -0.39 is 10.0 Å². The van der Waals surface area contributed by atoms with E-state index in [1.54, 1.807) is 30.9 Å². The van der Waals surface area contributed by atoms with Crippen LogP contribution in [0.5, 0.6) is 0 Å². The molecule has 0 saturated carbocycles. The number of hydrogen-bond donors (Lipinski definition) is 2. The molecular weight excluding hydrogens is 424 g/mol. The largest absolute Gasteiger partial charge is 0.383 e. The lowest BCUT2D eigenvalue weighted by molar-refractivity contribution is 0.360. The number of rotatable bonds is 4. The normalized spacial score (nSPS) is 15.1. The number of fused-ring (bicyclic) bond motifs is 1. The van der Waals surface area contributed by atoms with Gasteiger partial charge in [-0.25, -0.2) is 13.4 Å². The number of sulfonamides is 1. The van der Waals surface area contributed by atoms with Gasteiger partial charge in [-0.2, -0.15) is 4.31 Å². The van der Waals surface area contributed by atoms with Crippen LogP contribution in [0.25, 0.3) is 33.2 Å². The minimum absolute atomic E-state index is 0.00668. The quantitative estimate of drug-likeness (QED) is 0.495. The maximum atomic E-state index is 13.2. The second-order valence-corrected chi connectivity index (χ2v) is 9.49. The summed E-state index contributed by atoms with van der Waals surface area (Å²) >= 11 is 0. The van der Waals surface area contributed by atoms with Crippen LogP contribution in [-0.2, 0) is 10.0 Å². The lowest BCUT2D eigenvalue weighted by Crippen LogP contribution is -2.46. The molecule has 5 rings (SSSR count). The number of anilines is 1. The molecular formula is C23H22N6O2S. The molecule has 0 atom stereocenters. The van der Waals surface area contributed by atoms with Crippen molar-refractivity contribution in [2.75, 3.05) is 31.9 Å². The Hall–Kier alpha value is -3.40. The van der Waals surface area contributed by atoms with Gasteiger partial charge >= 0.3 is 0 Å². The first-order valence-electron chi connectivity index (χ1n) is 10.3. The molecule has 0 bridgehead atoms. The monoisotopic (exact) mass is 446 g/mol. The van der Waals surface area contributed by atoms with Crippen LogP contribution in [0.3, 0.4) is 0 Å². The minimum atomic E-state index is -3.73. The second kappa shape index (κ2) is 8.27. The zero-order chi connectivity index (χ0) is 22.1. The molecule has 3 aromatic heterocycles. The number of hydrogen-bond acceptors (Lipinski definition) is 7. The number of nitrogen functional groups attached to an aromatic ring is 1. The van der Waals surface area contributed by atoms with Gasteiger partial charge in [0.2, 0.25) is 10.0 Å². The number of aromatic nitrogens is 3.